The van der Waals surface area contributed by atoms with Crippen molar-refractivity contribution >= 4 is 16.6 Å². The number of fused-ring (bicyclic) bond motifs is 1. The molecule has 30 heavy (non-hydrogen) atoms. The number of rotatable bonds is 6. The van der Waals surface area contributed by atoms with E-state index in [9.17, 15) is 9.18 Å². The van der Waals surface area contributed by atoms with Gasteiger partial charge in [0.15, 0.2) is 5.43 Å². The monoisotopic (exact) mass is 406 g/mol. The molecule has 0 atom stereocenters. The van der Waals surface area contributed by atoms with Gasteiger partial charge in [-0.3, -0.25) is 9.78 Å². The molecule has 1 N–H and O–H groups in total. The number of nitrogens with zero attached hydrogens (tertiary/aromatic N) is 3. The molecule has 3 aromatic rings. The first-order chi connectivity index (χ1) is 14.6. The van der Waals surface area contributed by atoms with Crippen LogP contribution in [-0.4, -0.2) is 22.6 Å². The van der Waals surface area contributed by atoms with Crippen LogP contribution in [0, 0.1) is 12.7 Å². The Bertz CT molecular complexity index is 1150. The summed E-state index contributed by atoms with van der Waals surface area (Å²) in [5.74, 6) is -0.291. The summed E-state index contributed by atoms with van der Waals surface area (Å²) in [5, 5.41) is 3.85. The summed E-state index contributed by atoms with van der Waals surface area (Å²) < 4.78 is 17.1. The Labute approximate surface area is 175 Å². The van der Waals surface area contributed by atoms with Crippen LogP contribution in [0.25, 0.3) is 10.9 Å². The maximum absolute atomic E-state index is 14.9. The van der Waals surface area contributed by atoms with E-state index in [1.807, 2.05) is 31.3 Å². The van der Waals surface area contributed by atoms with Gasteiger partial charge < -0.3 is 14.8 Å². The second-order valence-electron chi connectivity index (χ2n) is 8.55. The Hall–Kier alpha value is -2.73. The van der Waals surface area contributed by atoms with E-state index in [1.54, 1.807) is 6.20 Å². The normalized spacial score (nSPS) is 16.5. The van der Waals surface area contributed by atoms with Crippen molar-refractivity contribution < 1.29 is 4.39 Å². The third kappa shape index (κ3) is 3.72. The molecule has 0 radical (unpaired) electrons. The molecule has 156 valence electrons. The van der Waals surface area contributed by atoms with Crippen LogP contribution in [0.4, 0.5) is 10.1 Å². The Morgan fingerprint density at radius 2 is 1.97 bits per heavy atom. The van der Waals surface area contributed by atoms with E-state index < -0.39 is 0 Å². The number of pyridine rings is 2. The molecule has 0 amide bonds. The molecule has 3 heterocycles. The number of hydrogen-bond acceptors (Lipinski definition) is 4. The molecule has 0 bridgehead atoms. The van der Waals surface area contributed by atoms with Gasteiger partial charge in [0.25, 0.3) is 0 Å². The van der Waals surface area contributed by atoms with Gasteiger partial charge in [-0.15, -0.1) is 0 Å². The molecule has 1 aliphatic heterocycles. The summed E-state index contributed by atoms with van der Waals surface area (Å²) in [4.78, 5) is 19.5. The predicted molar refractivity (Wildman–Crippen MR) is 117 cm³/mol. The molecule has 6 heteroatoms. The lowest BCUT2D eigenvalue weighted by Gasteiger charge is -2.21. The highest BCUT2D eigenvalue weighted by atomic mass is 19.1. The zero-order chi connectivity index (χ0) is 20.7. The minimum Gasteiger partial charge on any atom is -0.369 e. The van der Waals surface area contributed by atoms with Crippen molar-refractivity contribution in [2.75, 3.05) is 18.0 Å². The predicted octanol–water partition coefficient (Wildman–Crippen LogP) is 4.07. The van der Waals surface area contributed by atoms with Crippen LogP contribution in [0.5, 0.6) is 0 Å². The zero-order valence-corrected chi connectivity index (χ0v) is 17.3. The van der Waals surface area contributed by atoms with Crippen molar-refractivity contribution in [3.8, 4) is 0 Å². The van der Waals surface area contributed by atoms with E-state index >= 15 is 0 Å². The van der Waals surface area contributed by atoms with Crippen LogP contribution in [0.15, 0.2) is 41.5 Å². The average Bonchev–Trinajstić information content (AvgIpc) is 3.43. The zero-order valence-electron chi connectivity index (χ0n) is 17.3. The molecular weight excluding hydrogens is 379 g/mol. The molecule has 2 aromatic heterocycles. The summed E-state index contributed by atoms with van der Waals surface area (Å²) in [6, 6.07) is 7.77. The van der Waals surface area contributed by atoms with Gasteiger partial charge in [0.1, 0.15) is 5.82 Å². The quantitative estimate of drug-likeness (QED) is 0.671. The van der Waals surface area contributed by atoms with Crippen molar-refractivity contribution in [3.63, 3.8) is 0 Å². The molecule has 5 rings (SSSR count). The maximum Gasteiger partial charge on any atom is 0.193 e. The maximum atomic E-state index is 14.9. The topological polar surface area (TPSA) is 50.2 Å². The summed E-state index contributed by atoms with van der Waals surface area (Å²) in [5.41, 5.74) is 4.21. The molecule has 5 nitrogen and oxygen atoms in total. The molecule has 0 unspecified atom stereocenters. The fourth-order valence-corrected chi connectivity index (χ4v) is 4.45. The number of halogens is 1. The standard InChI is InChI=1S/C24H27FN4O/c1-16-10-17(6-7-27-16)13-26-14-18-15-29(19-4-5-19)22-12-23(28-8-2-3-9-28)21(25)11-20(22)24(18)30/h6-7,10-12,15,19,26H,2-5,8-9,13-14H2,1H3. The summed E-state index contributed by atoms with van der Waals surface area (Å²) >= 11 is 0. The van der Waals surface area contributed by atoms with E-state index in [0.29, 0.717) is 35.8 Å². The van der Waals surface area contributed by atoms with E-state index in [0.717, 1.165) is 55.5 Å². The van der Waals surface area contributed by atoms with Gasteiger partial charge in [-0.05, 0) is 62.4 Å². The van der Waals surface area contributed by atoms with Crippen molar-refractivity contribution in [1.29, 1.82) is 0 Å². The lowest BCUT2D eigenvalue weighted by molar-refractivity contribution is 0.623. The SMILES string of the molecule is Cc1cc(CNCc2cn(C3CC3)c3cc(N4CCCC4)c(F)cc3c2=O)ccn1. The second-order valence-corrected chi connectivity index (χ2v) is 8.55. The number of nitrogens with one attached hydrogen (secondary N) is 1. The van der Waals surface area contributed by atoms with E-state index in [2.05, 4.69) is 19.8 Å². The minimum atomic E-state index is -0.291. The van der Waals surface area contributed by atoms with Crippen molar-refractivity contribution in [2.45, 2.75) is 51.7 Å². The molecule has 1 saturated heterocycles. The van der Waals surface area contributed by atoms with E-state index in [4.69, 9.17) is 0 Å². The van der Waals surface area contributed by atoms with Crippen molar-refractivity contribution in [2.24, 2.45) is 0 Å². The summed E-state index contributed by atoms with van der Waals surface area (Å²) in [6.07, 6.45) is 8.18. The van der Waals surface area contributed by atoms with Crippen LogP contribution >= 0.6 is 0 Å². The Morgan fingerprint density at radius 1 is 1.17 bits per heavy atom. The highest BCUT2D eigenvalue weighted by molar-refractivity contribution is 5.84. The first-order valence-electron chi connectivity index (χ1n) is 10.8. The van der Waals surface area contributed by atoms with Crippen LogP contribution in [0.1, 0.15) is 48.5 Å². The Balaban J connectivity index is 1.48. The first kappa shape index (κ1) is 19.2. The number of benzene rings is 1. The third-order valence-corrected chi connectivity index (χ3v) is 6.17. The van der Waals surface area contributed by atoms with Crippen LogP contribution < -0.4 is 15.6 Å². The number of hydrogen-bond donors (Lipinski definition) is 1. The van der Waals surface area contributed by atoms with Gasteiger partial charge in [0, 0.05) is 61.3 Å². The molecule has 2 fully saturated rings. The van der Waals surface area contributed by atoms with Gasteiger partial charge in [0.2, 0.25) is 0 Å². The number of aromatic nitrogens is 2. The van der Waals surface area contributed by atoms with Gasteiger partial charge in [-0.1, -0.05) is 0 Å². The van der Waals surface area contributed by atoms with Crippen LogP contribution in [-0.2, 0) is 13.1 Å². The number of anilines is 1. The minimum absolute atomic E-state index is 0.0767. The van der Waals surface area contributed by atoms with Gasteiger partial charge in [0.05, 0.1) is 11.2 Å². The van der Waals surface area contributed by atoms with Crippen molar-refractivity contribution in [1.82, 2.24) is 14.9 Å². The fourth-order valence-electron chi connectivity index (χ4n) is 4.45. The largest absolute Gasteiger partial charge is 0.369 e. The molecule has 1 saturated carbocycles. The van der Waals surface area contributed by atoms with Gasteiger partial charge in [-0.25, -0.2) is 4.39 Å². The fraction of sp³-hybridized carbons (Fsp3) is 0.417. The number of aryl methyl sites for hydroxylation is 1. The average molecular weight is 407 g/mol. The first-order valence-corrected chi connectivity index (χ1v) is 10.8. The molecule has 2 aliphatic rings. The molecule has 0 spiro atoms. The highest BCUT2D eigenvalue weighted by Crippen LogP contribution is 2.38. The Kier molecular flexibility index (Phi) is 5.03. The highest BCUT2D eigenvalue weighted by Gasteiger charge is 2.27. The lowest BCUT2D eigenvalue weighted by atomic mass is 10.1. The van der Waals surface area contributed by atoms with Gasteiger partial charge in [-0.2, -0.15) is 0 Å². The lowest BCUT2D eigenvalue weighted by Crippen LogP contribution is -2.23. The molecule has 1 aromatic carbocycles. The summed E-state index contributed by atoms with van der Waals surface area (Å²) in [6.45, 7) is 4.84. The summed E-state index contributed by atoms with van der Waals surface area (Å²) in [7, 11) is 0. The van der Waals surface area contributed by atoms with Crippen LogP contribution in [0.3, 0.4) is 0 Å². The Morgan fingerprint density at radius 3 is 2.70 bits per heavy atom. The van der Waals surface area contributed by atoms with Crippen LogP contribution in [0.2, 0.25) is 0 Å². The molecule has 1 aliphatic carbocycles. The van der Waals surface area contributed by atoms with E-state index in [1.165, 1.54) is 6.07 Å². The van der Waals surface area contributed by atoms with Crippen molar-refractivity contribution in [3.05, 3.63) is 69.5 Å². The van der Waals surface area contributed by atoms with E-state index in [-0.39, 0.29) is 11.2 Å². The van der Waals surface area contributed by atoms with Gasteiger partial charge >= 0.3 is 0 Å². The third-order valence-electron chi connectivity index (χ3n) is 6.17. The molecular formula is C24H27FN4O. The smallest absolute Gasteiger partial charge is 0.193 e. The second kappa shape index (κ2) is 7.84.